The van der Waals surface area contributed by atoms with Crippen LogP contribution in [0.25, 0.3) is 0 Å². The number of sulfonamides is 1. The monoisotopic (exact) mass is 467 g/mol. The number of imide groups is 1. The van der Waals surface area contributed by atoms with Crippen molar-refractivity contribution in [2.24, 2.45) is 5.41 Å². The van der Waals surface area contributed by atoms with Crippen molar-refractivity contribution < 1.29 is 27.1 Å². The number of hydrogen-bond acceptors (Lipinski definition) is 5. The highest BCUT2D eigenvalue weighted by Gasteiger charge is 2.47. The highest BCUT2D eigenvalue weighted by molar-refractivity contribution is 7.89. The maximum absolute atomic E-state index is 14.2. The molecule has 1 aliphatic carbocycles. The maximum atomic E-state index is 14.2. The molecule has 0 aromatic heterocycles. The van der Waals surface area contributed by atoms with Gasteiger partial charge in [-0.15, -0.1) is 0 Å². The lowest BCUT2D eigenvalue weighted by Crippen LogP contribution is -2.36. The Kier molecular flexibility index (Phi) is 6.94. The number of rotatable bonds is 10. The number of halogens is 1. The van der Waals surface area contributed by atoms with Crippen LogP contribution in [0, 0.1) is 11.2 Å². The van der Waals surface area contributed by atoms with Gasteiger partial charge in [0.25, 0.3) is 0 Å². The summed E-state index contributed by atoms with van der Waals surface area (Å²) in [5.41, 5.74) is -0.181. The number of hydrogen-bond donors (Lipinski definition) is 2. The van der Waals surface area contributed by atoms with E-state index in [1.165, 1.54) is 11.0 Å². The van der Waals surface area contributed by atoms with E-state index in [2.05, 4.69) is 10.0 Å². The third-order valence-electron chi connectivity index (χ3n) is 5.16. The first-order chi connectivity index (χ1) is 14.9. The van der Waals surface area contributed by atoms with Gasteiger partial charge in [0, 0.05) is 6.54 Å². The Morgan fingerprint density at radius 2 is 1.97 bits per heavy atom. The summed E-state index contributed by atoms with van der Waals surface area (Å²) >= 11 is 0. The molecule has 3 rings (SSSR count). The smallest absolute Gasteiger partial charge is 0.324 e. The number of carbonyl (C=O) groups excluding carboxylic acids is 2. The fourth-order valence-electron chi connectivity index (χ4n) is 3.30. The summed E-state index contributed by atoms with van der Waals surface area (Å²) in [5, 5.41) is 2.18. The molecule has 1 aromatic rings. The zero-order valence-electron chi connectivity index (χ0n) is 18.6. The number of nitrogens with one attached hydrogen (secondary N) is 2. The third kappa shape index (κ3) is 6.52. The summed E-state index contributed by atoms with van der Waals surface area (Å²) in [4.78, 5) is 23.9. The number of ether oxygens (including phenoxy) is 1. The molecule has 1 saturated carbocycles. The summed E-state index contributed by atoms with van der Waals surface area (Å²) in [5.74, 6) is -0.826. The molecule has 1 saturated heterocycles. The summed E-state index contributed by atoms with van der Waals surface area (Å²) in [6, 6.07) is 4.04. The molecule has 0 radical (unpaired) electrons. The van der Waals surface area contributed by atoms with Crippen molar-refractivity contribution in [1.29, 1.82) is 0 Å². The normalized spacial score (nSPS) is 18.3. The Bertz CT molecular complexity index is 1010. The molecule has 2 aliphatic rings. The van der Waals surface area contributed by atoms with Crippen molar-refractivity contribution in [3.63, 3.8) is 0 Å². The first kappa shape index (κ1) is 24.2. The fourth-order valence-corrected chi connectivity index (χ4v) is 4.77. The first-order valence-corrected chi connectivity index (χ1v) is 12.2. The lowest BCUT2D eigenvalue weighted by Gasteiger charge is -2.21. The number of carbonyl (C=O) groups is 2. The molecule has 2 N–H and O–H groups in total. The number of amides is 3. The number of urea groups is 1. The van der Waals surface area contributed by atoms with Gasteiger partial charge >= 0.3 is 6.03 Å². The average Bonchev–Trinajstić information content (AvgIpc) is 3.37. The Morgan fingerprint density at radius 3 is 2.56 bits per heavy atom. The van der Waals surface area contributed by atoms with Crippen molar-refractivity contribution in [2.45, 2.75) is 45.6 Å². The fraction of sp³-hybridized carbons (Fsp3) is 0.545. The molecular weight excluding hydrogens is 437 g/mol. The first-order valence-electron chi connectivity index (χ1n) is 10.6. The predicted octanol–water partition coefficient (Wildman–Crippen LogP) is 2.66. The van der Waals surface area contributed by atoms with Crippen molar-refractivity contribution in [1.82, 2.24) is 14.9 Å². The van der Waals surface area contributed by atoms with Gasteiger partial charge in [-0.2, -0.15) is 0 Å². The number of nitrogens with zero attached hydrogens (tertiary/aromatic N) is 1. The Hall–Kier alpha value is -2.46. The van der Waals surface area contributed by atoms with E-state index in [1.807, 2.05) is 20.8 Å². The Labute approximate surface area is 188 Å². The van der Waals surface area contributed by atoms with Crippen molar-refractivity contribution in [3.05, 3.63) is 41.7 Å². The lowest BCUT2D eigenvalue weighted by molar-refractivity contribution is -0.118. The van der Waals surface area contributed by atoms with E-state index in [-0.39, 0.29) is 42.3 Å². The molecule has 1 aromatic carbocycles. The van der Waals surface area contributed by atoms with Crippen LogP contribution in [0.5, 0.6) is 5.75 Å². The minimum Gasteiger partial charge on any atom is -0.490 e. The predicted molar refractivity (Wildman–Crippen MR) is 118 cm³/mol. The minimum absolute atomic E-state index is 0.00464. The average molecular weight is 468 g/mol. The van der Waals surface area contributed by atoms with Gasteiger partial charge in [0.1, 0.15) is 6.54 Å². The maximum Gasteiger partial charge on any atom is 0.324 e. The van der Waals surface area contributed by atoms with Crippen LogP contribution in [-0.4, -0.2) is 50.7 Å². The molecule has 1 aliphatic heterocycles. The summed E-state index contributed by atoms with van der Waals surface area (Å²) in [6.07, 6.45) is 4.86. The minimum atomic E-state index is -3.59. The van der Waals surface area contributed by atoms with Gasteiger partial charge < -0.3 is 9.64 Å². The van der Waals surface area contributed by atoms with Gasteiger partial charge in [-0.05, 0) is 42.4 Å². The molecule has 3 amide bonds. The van der Waals surface area contributed by atoms with Gasteiger partial charge in [-0.3, -0.25) is 10.1 Å². The van der Waals surface area contributed by atoms with Crippen LogP contribution >= 0.6 is 0 Å². The molecule has 2 fully saturated rings. The molecule has 0 spiro atoms. The topological polar surface area (TPSA) is 105 Å². The molecule has 176 valence electrons. The van der Waals surface area contributed by atoms with E-state index in [0.29, 0.717) is 25.0 Å². The van der Waals surface area contributed by atoms with E-state index >= 15 is 0 Å². The zero-order valence-corrected chi connectivity index (χ0v) is 19.4. The van der Waals surface area contributed by atoms with E-state index in [9.17, 15) is 22.4 Å². The van der Waals surface area contributed by atoms with Gasteiger partial charge in [-0.1, -0.05) is 39.0 Å². The van der Waals surface area contributed by atoms with Gasteiger partial charge in [-0.25, -0.2) is 22.3 Å². The van der Waals surface area contributed by atoms with Crippen molar-refractivity contribution in [2.75, 3.05) is 25.4 Å². The van der Waals surface area contributed by atoms with Crippen LogP contribution in [0.3, 0.4) is 0 Å². The molecule has 0 bridgehead atoms. The van der Waals surface area contributed by atoms with E-state index in [4.69, 9.17) is 4.74 Å². The second-order valence-electron chi connectivity index (χ2n) is 9.49. The van der Waals surface area contributed by atoms with Crippen molar-refractivity contribution in [3.8, 4) is 5.75 Å². The zero-order chi connectivity index (χ0) is 23.6. The third-order valence-corrected chi connectivity index (χ3v) is 6.63. The molecule has 0 atom stereocenters. The van der Waals surface area contributed by atoms with Crippen LogP contribution in [0.2, 0.25) is 0 Å². The van der Waals surface area contributed by atoms with E-state index in [0.717, 1.165) is 0 Å². The van der Waals surface area contributed by atoms with Crippen LogP contribution in [0.4, 0.5) is 9.18 Å². The van der Waals surface area contributed by atoms with Crippen LogP contribution in [0.1, 0.15) is 45.6 Å². The lowest BCUT2D eigenvalue weighted by atomic mass is 9.98. The van der Waals surface area contributed by atoms with Crippen LogP contribution in [-0.2, 0) is 20.4 Å². The second-order valence-corrected chi connectivity index (χ2v) is 11.3. The largest absolute Gasteiger partial charge is 0.490 e. The SMILES string of the molecule is CC(C)(C)COc1cc(C2(NS(=O)(=O)CC/C=C/CN3CC(=O)NC3=O)CC2)ccc1F. The molecule has 1 heterocycles. The molecule has 0 unspecified atom stereocenters. The second kappa shape index (κ2) is 9.19. The molecule has 10 heteroatoms. The van der Waals surface area contributed by atoms with Gasteiger partial charge in [0.15, 0.2) is 11.6 Å². The van der Waals surface area contributed by atoms with Crippen LogP contribution < -0.4 is 14.8 Å². The summed E-state index contributed by atoms with van der Waals surface area (Å²) in [6.45, 7) is 6.54. The van der Waals surface area contributed by atoms with Gasteiger partial charge in [0.05, 0.1) is 17.9 Å². The van der Waals surface area contributed by atoms with E-state index in [1.54, 1.807) is 24.3 Å². The highest BCUT2D eigenvalue weighted by atomic mass is 32.2. The number of benzene rings is 1. The standard InChI is InChI=1S/C22H30FN3O5S/c1-21(2,3)15-31-18-13-16(7-8-17(18)23)22(9-10-22)25-32(29,30)12-6-4-5-11-26-14-19(27)24-20(26)28/h4-5,7-8,13,25H,6,9-12,14-15H2,1-3H3,(H,24,27,28)/b5-4+. The quantitative estimate of drug-likeness (QED) is 0.407. The molecule has 32 heavy (non-hydrogen) atoms. The molecule has 8 nitrogen and oxygen atoms in total. The van der Waals surface area contributed by atoms with E-state index < -0.39 is 27.4 Å². The van der Waals surface area contributed by atoms with Crippen LogP contribution in [0.15, 0.2) is 30.4 Å². The highest BCUT2D eigenvalue weighted by Crippen LogP contribution is 2.47. The number of allylic oxidation sites excluding steroid dienone is 1. The summed E-state index contributed by atoms with van der Waals surface area (Å²) < 4.78 is 47.8. The Balaban J connectivity index is 1.56. The molecular formula is C22H30FN3O5S. The van der Waals surface area contributed by atoms with Gasteiger partial charge in [0.2, 0.25) is 15.9 Å². The Morgan fingerprint density at radius 1 is 1.25 bits per heavy atom. The van der Waals surface area contributed by atoms with Crippen molar-refractivity contribution >= 4 is 22.0 Å². The summed E-state index contributed by atoms with van der Waals surface area (Å²) in [7, 11) is -3.59.